The molecule has 0 fully saturated rings. The van der Waals surface area contributed by atoms with Gasteiger partial charge in [-0.2, -0.15) is 0 Å². The third-order valence-electron chi connectivity index (χ3n) is 2.82. The molecule has 2 rings (SSSR count). The van der Waals surface area contributed by atoms with Gasteiger partial charge in [0.25, 0.3) is 5.69 Å². The lowest BCUT2D eigenvalue weighted by Crippen LogP contribution is -2.22. The number of carbonyl (C=O) groups excluding carboxylic acids is 1. The monoisotopic (exact) mass is 380 g/mol. The fourth-order valence-corrected chi connectivity index (χ4v) is 2.98. The molecule has 2 aromatic rings. The van der Waals surface area contributed by atoms with Gasteiger partial charge in [-0.05, 0) is 37.3 Å². The number of hydrogen-bond acceptors (Lipinski definition) is 4. The number of thioether (sulfide) groups is 1. The molecule has 1 amide bonds. The van der Waals surface area contributed by atoms with Crippen molar-refractivity contribution in [1.82, 2.24) is 0 Å². The Kier molecular flexibility index (Phi) is 5.57. The van der Waals surface area contributed by atoms with E-state index in [1.807, 2.05) is 24.3 Å². The highest BCUT2D eigenvalue weighted by Gasteiger charge is 2.15. The molecule has 0 spiro atoms. The number of nitro groups is 1. The van der Waals surface area contributed by atoms with Crippen LogP contribution in [0.3, 0.4) is 0 Å². The maximum absolute atomic E-state index is 12.1. The molecule has 0 saturated heterocycles. The topological polar surface area (TPSA) is 72.2 Å². The Balaban J connectivity index is 1.97. The first-order valence-electron chi connectivity index (χ1n) is 6.43. The standard InChI is InChI=1S/C15H13BrN2O3S/c1-10(15(19)17-12-4-2-3-11(16)9-12)22-14-7-5-13(6-8-14)18(20)21/h2-10H,1H3,(H,17,19)/t10-/m1/s1. The second-order valence-electron chi connectivity index (χ2n) is 4.51. The van der Waals surface area contributed by atoms with Crippen LogP contribution in [0.4, 0.5) is 11.4 Å². The summed E-state index contributed by atoms with van der Waals surface area (Å²) in [6.07, 6.45) is 0. The van der Waals surface area contributed by atoms with E-state index in [0.717, 1.165) is 15.1 Å². The van der Waals surface area contributed by atoms with Gasteiger partial charge in [0.15, 0.2) is 0 Å². The van der Waals surface area contributed by atoms with Crippen LogP contribution in [-0.4, -0.2) is 16.1 Å². The first kappa shape index (κ1) is 16.5. The number of nitrogens with zero attached hydrogens (tertiary/aromatic N) is 1. The van der Waals surface area contributed by atoms with Crippen molar-refractivity contribution < 1.29 is 9.72 Å². The molecule has 0 aromatic heterocycles. The zero-order valence-corrected chi connectivity index (χ0v) is 14.1. The van der Waals surface area contributed by atoms with Crippen LogP contribution in [0, 0.1) is 10.1 Å². The molecule has 114 valence electrons. The zero-order valence-electron chi connectivity index (χ0n) is 11.7. The molecule has 0 unspecified atom stereocenters. The predicted molar refractivity (Wildman–Crippen MR) is 91.2 cm³/mol. The maximum Gasteiger partial charge on any atom is 0.269 e. The molecule has 1 atom stereocenters. The fourth-order valence-electron chi connectivity index (χ4n) is 1.71. The van der Waals surface area contributed by atoms with Crippen LogP contribution in [0.15, 0.2) is 57.9 Å². The Hall–Kier alpha value is -1.86. The molecule has 0 radical (unpaired) electrons. The van der Waals surface area contributed by atoms with E-state index in [1.165, 1.54) is 23.9 Å². The largest absolute Gasteiger partial charge is 0.325 e. The van der Waals surface area contributed by atoms with Crippen molar-refractivity contribution >= 4 is 45.0 Å². The lowest BCUT2D eigenvalue weighted by atomic mass is 10.3. The molecule has 0 aliphatic rings. The summed E-state index contributed by atoms with van der Waals surface area (Å²) in [4.78, 5) is 23.1. The third-order valence-corrected chi connectivity index (χ3v) is 4.43. The Morgan fingerprint density at radius 3 is 2.55 bits per heavy atom. The average Bonchev–Trinajstić information content (AvgIpc) is 2.47. The first-order chi connectivity index (χ1) is 10.5. The number of halogens is 1. The van der Waals surface area contributed by atoms with E-state index < -0.39 is 4.92 Å². The van der Waals surface area contributed by atoms with Crippen LogP contribution in [-0.2, 0) is 4.79 Å². The van der Waals surface area contributed by atoms with Gasteiger partial charge in [0, 0.05) is 27.2 Å². The number of nitrogens with one attached hydrogen (secondary N) is 1. The summed E-state index contributed by atoms with van der Waals surface area (Å²) in [6, 6.07) is 13.5. The van der Waals surface area contributed by atoms with Gasteiger partial charge in [0.2, 0.25) is 5.91 Å². The molecule has 7 heteroatoms. The summed E-state index contributed by atoms with van der Waals surface area (Å²) < 4.78 is 0.890. The highest BCUT2D eigenvalue weighted by Crippen LogP contribution is 2.26. The molecule has 22 heavy (non-hydrogen) atoms. The van der Waals surface area contributed by atoms with Gasteiger partial charge >= 0.3 is 0 Å². The molecule has 0 bridgehead atoms. The number of amides is 1. The number of benzene rings is 2. The quantitative estimate of drug-likeness (QED) is 0.471. The Bertz CT molecular complexity index is 691. The average molecular weight is 381 g/mol. The van der Waals surface area contributed by atoms with Gasteiger partial charge in [0.05, 0.1) is 10.2 Å². The SMILES string of the molecule is C[C@@H](Sc1ccc([N+](=O)[O-])cc1)C(=O)Nc1cccc(Br)c1. The lowest BCUT2D eigenvalue weighted by molar-refractivity contribution is -0.384. The van der Waals surface area contributed by atoms with Gasteiger partial charge < -0.3 is 5.32 Å². The van der Waals surface area contributed by atoms with Gasteiger partial charge in [-0.3, -0.25) is 14.9 Å². The summed E-state index contributed by atoms with van der Waals surface area (Å²) >= 11 is 4.70. The number of hydrogen-bond donors (Lipinski definition) is 1. The predicted octanol–water partition coefficient (Wildman–Crippen LogP) is 4.48. The van der Waals surface area contributed by atoms with Crippen molar-refractivity contribution in [2.75, 3.05) is 5.32 Å². The first-order valence-corrected chi connectivity index (χ1v) is 8.10. The summed E-state index contributed by atoms with van der Waals surface area (Å²) in [7, 11) is 0. The number of carbonyl (C=O) groups is 1. The Labute approximate surface area is 140 Å². The van der Waals surface area contributed by atoms with Crippen molar-refractivity contribution in [1.29, 1.82) is 0 Å². The van der Waals surface area contributed by atoms with Crippen molar-refractivity contribution in [3.8, 4) is 0 Å². The van der Waals surface area contributed by atoms with E-state index in [4.69, 9.17) is 0 Å². The highest BCUT2D eigenvalue weighted by molar-refractivity contribution is 9.10. The van der Waals surface area contributed by atoms with Gasteiger partial charge in [0.1, 0.15) is 0 Å². The van der Waals surface area contributed by atoms with Crippen molar-refractivity contribution in [3.63, 3.8) is 0 Å². The molecule has 0 aliphatic heterocycles. The van der Waals surface area contributed by atoms with Crippen LogP contribution in [0.1, 0.15) is 6.92 Å². The summed E-state index contributed by atoms with van der Waals surface area (Å²) in [5, 5.41) is 13.1. The minimum absolute atomic E-state index is 0.0376. The zero-order chi connectivity index (χ0) is 16.1. The van der Waals surface area contributed by atoms with E-state index in [-0.39, 0.29) is 16.8 Å². The van der Waals surface area contributed by atoms with Crippen molar-refractivity contribution in [3.05, 3.63) is 63.1 Å². The number of non-ortho nitro benzene ring substituents is 1. The van der Waals surface area contributed by atoms with Crippen LogP contribution in [0.25, 0.3) is 0 Å². The molecule has 0 aliphatic carbocycles. The summed E-state index contributed by atoms with van der Waals surface area (Å²) in [6.45, 7) is 1.79. The second kappa shape index (κ2) is 7.42. The molecule has 0 saturated carbocycles. The van der Waals surface area contributed by atoms with Crippen molar-refractivity contribution in [2.45, 2.75) is 17.1 Å². The van der Waals surface area contributed by atoms with Gasteiger partial charge in [-0.15, -0.1) is 11.8 Å². The third kappa shape index (κ3) is 4.57. The van der Waals surface area contributed by atoms with E-state index >= 15 is 0 Å². The maximum atomic E-state index is 12.1. The minimum atomic E-state index is -0.447. The van der Waals surface area contributed by atoms with Crippen LogP contribution in [0.2, 0.25) is 0 Å². The molecular formula is C15H13BrN2O3S. The normalized spacial score (nSPS) is 11.7. The molecule has 1 N–H and O–H groups in total. The molecular weight excluding hydrogens is 368 g/mol. The van der Waals surface area contributed by atoms with E-state index in [0.29, 0.717) is 0 Å². The summed E-state index contributed by atoms with van der Waals surface area (Å²) in [5.74, 6) is -0.124. The molecule has 2 aromatic carbocycles. The van der Waals surface area contributed by atoms with Gasteiger partial charge in [-0.25, -0.2) is 0 Å². The Morgan fingerprint density at radius 1 is 1.27 bits per heavy atom. The fraction of sp³-hybridized carbons (Fsp3) is 0.133. The van der Waals surface area contributed by atoms with E-state index in [1.54, 1.807) is 19.1 Å². The summed E-state index contributed by atoms with van der Waals surface area (Å²) in [5.41, 5.74) is 0.756. The van der Waals surface area contributed by atoms with Crippen LogP contribution >= 0.6 is 27.7 Å². The Morgan fingerprint density at radius 2 is 1.95 bits per heavy atom. The van der Waals surface area contributed by atoms with E-state index in [2.05, 4.69) is 21.2 Å². The minimum Gasteiger partial charge on any atom is -0.325 e. The highest BCUT2D eigenvalue weighted by atomic mass is 79.9. The lowest BCUT2D eigenvalue weighted by Gasteiger charge is -2.12. The smallest absolute Gasteiger partial charge is 0.269 e. The van der Waals surface area contributed by atoms with E-state index in [9.17, 15) is 14.9 Å². The van der Waals surface area contributed by atoms with Crippen molar-refractivity contribution in [2.24, 2.45) is 0 Å². The number of rotatable bonds is 5. The van der Waals surface area contributed by atoms with Crippen LogP contribution in [0.5, 0.6) is 0 Å². The number of anilines is 1. The second-order valence-corrected chi connectivity index (χ2v) is 6.84. The molecule has 0 heterocycles. The van der Waals surface area contributed by atoms with Gasteiger partial charge in [-0.1, -0.05) is 22.0 Å². The van der Waals surface area contributed by atoms with Crippen LogP contribution < -0.4 is 5.32 Å². The molecule has 5 nitrogen and oxygen atoms in total. The number of nitro benzene ring substituents is 1.